The van der Waals surface area contributed by atoms with Gasteiger partial charge < -0.3 is 10.0 Å². The lowest BCUT2D eigenvalue weighted by Crippen LogP contribution is -2.30. The molecule has 6 heteroatoms. The zero-order valence-corrected chi connectivity index (χ0v) is 14.1. The van der Waals surface area contributed by atoms with Crippen LogP contribution in [0.2, 0.25) is 0 Å². The second-order valence-electron chi connectivity index (χ2n) is 6.93. The number of rotatable bonds is 5. The quantitative estimate of drug-likeness (QED) is 0.902. The smallest absolute Gasteiger partial charge is 0.308 e. The second kappa shape index (κ2) is 5.98. The summed E-state index contributed by atoms with van der Waals surface area (Å²) in [6, 6.07) is 0. The number of aromatic nitrogens is 2. The fourth-order valence-electron chi connectivity index (χ4n) is 3.85. The molecule has 0 spiro atoms. The number of carboxylic acids is 1. The number of amides is 1. The molecular weight excluding hydrogens is 294 g/mol. The summed E-state index contributed by atoms with van der Waals surface area (Å²) in [5.41, 5.74) is 2.28. The van der Waals surface area contributed by atoms with E-state index in [1.165, 1.54) is 0 Å². The fourth-order valence-corrected chi connectivity index (χ4v) is 3.85. The number of nitrogens with zero attached hydrogens (tertiary/aromatic N) is 3. The van der Waals surface area contributed by atoms with Gasteiger partial charge >= 0.3 is 5.97 Å². The average molecular weight is 319 g/mol. The number of likely N-dealkylation sites (tertiary alicyclic amines) is 1. The molecule has 126 valence electrons. The average Bonchev–Trinajstić information content (AvgIpc) is 3.17. The largest absolute Gasteiger partial charge is 0.481 e. The van der Waals surface area contributed by atoms with E-state index in [1.807, 2.05) is 18.5 Å². The van der Waals surface area contributed by atoms with Crippen LogP contribution < -0.4 is 0 Å². The van der Waals surface area contributed by atoms with Crippen molar-refractivity contribution in [3.63, 3.8) is 0 Å². The fraction of sp³-hybridized carbons (Fsp3) is 0.706. The number of aliphatic carboxylic acids is 1. The predicted molar refractivity (Wildman–Crippen MR) is 85.2 cm³/mol. The van der Waals surface area contributed by atoms with Crippen molar-refractivity contribution in [1.82, 2.24) is 14.7 Å². The Balaban J connectivity index is 1.82. The van der Waals surface area contributed by atoms with Crippen LogP contribution in [0.15, 0.2) is 0 Å². The Morgan fingerprint density at radius 1 is 1.26 bits per heavy atom. The van der Waals surface area contributed by atoms with Crippen LogP contribution in [0.25, 0.3) is 0 Å². The van der Waals surface area contributed by atoms with Crippen molar-refractivity contribution >= 4 is 11.9 Å². The first-order chi connectivity index (χ1) is 10.9. The lowest BCUT2D eigenvalue weighted by atomic mass is 9.92. The number of carboxylic acid groups (broad SMARTS) is 1. The summed E-state index contributed by atoms with van der Waals surface area (Å²) >= 11 is 0. The van der Waals surface area contributed by atoms with E-state index in [2.05, 4.69) is 12.0 Å². The maximum absolute atomic E-state index is 12.9. The van der Waals surface area contributed by atoms with Crippen molar-refractivity contribution < 1.29 is 14.7 Å². The third-order valence-corrected chi connectivity index (χ3v) is 5.23. The molecule has 6 nitrogen and oxygen atoms in total. The standard InChI is InChI=1S/C17H25N3O3/c1-4-7-20-11(3)15(10(2)18-20)16(21)19-8-13(12-5-6-12)14(9-19)17(22)23/h12-14H,4-9H2,1-3H3,(H,22,23)/t13-,14+/m1/s1. The van der Waals surface area contributed by atoms with E-state index in [1.54, 1.807) is 4.90 Å². The molecule has 2 fully saturated rings. The van der Waals surface area contributed by atoms with E-state index in [0.29, 0.717) is 24.6 Å². The highest BCUT2D eigenvalue weighted by atomic mass is 16.4. The van der Waals surface area contributed by atoms with Gasteiger partial charge in [-0.3, -0.25) is 14.3 Å². The van der Waals surface area contributed by atoms with Crippen LogP contribution in [0, 0.1) is 31.6 Å². The summed E-state index contributed by atoms with van der Waals surface area (Å²) in [5, 5.41) is 13.9. The Hall–Kier alpha value is -1.85. The van der Waals surface area contributed by atoms with Gasteiger partial charge in [0.05, 0.1) is 17.2 Å². The highest BCUT2D eigenvalue weighted by molar-refractivity contribution is 5.97. The van der Waals surface area contributed by atoms with Gasteiger partial charge in [-0.2, -0.15) is 5.10 Å². The van der Waals surface area contributed by atoms with Gasteiger partial charge in [0, 0.05) is 25.3 Å². The van der Waals surface area contributed by atoms with E-state index < -0.39 is 11.9 Å². The molecule has 2 atom stereocenters. The van der Waals surface area contributed by atoms with Crippen molar-refractivity contribution in [2.24, 2.45) is 17.8 Å². The van der Waals surface area contributed by atoms with Crippen LogP contribution in [0.4, 0.5) is 0 Å². The van der Waals surface area contributed by atoms with Crippen molar-refractivity contribution in [3.05, 3.63) is 17.0 Å². The van der Waals surface area contributed by atoms with Crippen LogP contribution in [-0.2, 0) is 11.3 Å². The summed E-state index contributed by atoms with van der Waals surface area (Å²) in [6.45, 7) is 7.55. The molecular formula is C17H25N3O3. The Kier molecular flexibility index (Phi) is 4.17. The van der Waals surface area contributed by atoms with Crippen LogP contribution in [0.3, 0.4) is 0 Å². The molecule has 2 heterocycles. The Morgan fingerprint density at radius 2 is 1.96 bits per heavy atom. The third kappa shape index (κ3) is 2.86. The first kappa shape index (κ1) is 16.0. The van der Waals surface area contributed by atoms with E-state index in [-0.39, 0.29) is 11.8 Å². The molecule has 1 aliphatic heterocycles. The molecule has 3 rings (SSSR count). The maximum Gasteiger partial charge on any atom is 0.308 e. The molecule has 1 saturated carbocycles. The summed E-state index contributed by atoms with van der Waals surface area (Å²) in [5.74, 6) is -0.650. The molecule has 2 aliphatic rings. The molecule has 1 aromatic heterocycles. The lowest BCUT2D eigenvalue weighted by Gasteiger charge is -2.16. The Bertz CT molecular complexity index is 633. The maximum atomic E-state index is 12.9. The summed E-state index contributed by atoms with van der Waals surface area (Å²) < 4.78 is 1.88. The Morgan fingerprint density at radius 3 is 2.52 bits per heavy atom. The molecule has 1 saturated heterocycles. The second-order valence-corrected chi connectivity index (χ2v) is 6.93. The van der Waals surface area contributed by atoms with E-state index in [4.69, 9.17) is 0 Å². The van der Waals surface area contributed by atoms with Crippen molar-refractivity contribution in [3.8, 4) is 0 Å². The molecule has 23 heavy (non-hydrogen) atoms. The number of hydrogen-bond donors (Lipinski definition) is 1. The van der Waals surface area contributed by atoms with Gasteiger partial charge in [-0.25, -0.2) is 0 Å². The minimum Gasteiger partial charge on any atom is -0.481 e. The van der Waals surface area contributed by atoms with E-state index in [9.17, 15) is 14.7 Å². The van der Waals surface area contributed by atoms with Crippen LogP contribution in [0.5, 0.6) is 0 Å². The molecule has 0 bridgehead atoms. The number of carbonyl (C=O) groups is 2. The van der Waals surface area contributed by atoms with Crippen molar-refractivity contribution in [2.75, 3.05) is 13.1 Å². The zero-order chi connectivity index (χ0) is 16.7. The van der Waals surface area contributed by atoms with Gasteiger partial charge in [-0.05, 0) is 44.9 Å². The van der Waals surface area contributed by atoms with Gasteiger partial charge in [0.2, 0.25) is 0 Å². The third-order valence-electron chi connectivity index (χ3n) is 5.23. The highest BCUT2D eigenvalue weighted by Gasteiger charge is 2.47. The normalized spacial score (nSPS) is 24.2. The van der Waals surface area contributed by atoms with E-state index in [0.717, 1.165) is 37.2 Å². The molecule has 0 unspecified atom stereocenters. The Labute approximate surface area is 136 Å². The summed E-state index contributed by atoms with van der Waals surface area (Å²) in [4.78, 5) is 26.2. The molecule has 0 radical (unpaired) electrons. The lowest BCUT2D eigenvalue weighted by molar-refractivity contribution is -0.142. The highest BCUT2D eigenvalue weighted by Crippen LogP contribution is 2.44. The SMILES string of the molecule is CCCn1nc(C)c(C(=O)N2C[C@H](C(=O)O)[C@@H](C3CC3)C2)c1C. The number of hydrogen-bond acceptors (Lipinski definition) is 3. The monoisotopic (exact) mass is 319 g/mol. The van der Waals surface area contributed by atoms with Crippen molar-refractivity contribution in [2.45, 2.75) is 46.6 Å². The summed E-state index contributed by atoms with van der Waals surface area (Å²) in [6.07, 6.45) is 3.16. The topological polar surface area (TPSA) is 75.4 Å². The first-order valence-electron chi connectivity index (χ1n) is 8.50. The first-order valence-corrected chi connectivity index (χ1v) is 8.50. The minimum absolute atomic E-state index is 0.0586. The van der Waals surface area contributed by atoms with Crippen LogP contribution in [-0.4, -0.2) is 44.8 Å². The number of carbonyl (C=O) groups excluding carboxylic acids is 1. The molecule has 1 aliphatic carbocycles. The van der Waals surface area contributed by atoms with Gasteiger partial charge in [0.15, 0.2) is 0 Å². The van der Waals surface area contributed by atoms with Crippen molar-refractivity contribution in [1.29, 1.82) is 0 Å². The van der Waals surface area contributed by atoms with Gasteiger partial charge in [-0.1, -0.05) is 6.92 Å². The number of aryl methyl sites for hydroxylation is 2. The predicted octanol–water partition coefficient (Wildman–Crippen LogP) is 2.09. The van der Waals surface area contributed by atoms with Gasteiger partial charge in [-0.15, -0.1) is 0 Å². The molecule has 1 amide bonds. The minimum atomic E-state index is -0.771. The van der Waals surface area contributed by atoms with Crippen LogP contribution in [0.1, 0.15) is 47.9 Å². The van der Waals surface area contributed by atoms with Crippen LogP contribution >= 0.6 is 0 Å². The molecule has 1 N–H and O–H groups in total. The summed E-state index contributed by atoms with van der Waals surface area (Å²) in [7, 11) is 0. The molecule has 0 aromatic carbocycles. The van der Waals surface area contributed by atoms with E-state index >= 15 is 0 Å². The van der Waals surface area contributed by atoms with Gasteiger partial charge in [0.1, 0.15) is 0 Å². The zero-order valence-electron chi connectivity index (χ0n) is 14.1. The van der Waals surface area contributed by atoms with Gasteiger partial charge in [0.25, 0.3) is 5.91 Å². The molecule has 1 aromatic rings.